The van der Waals surface area contributed by atoms with Crippen LogP contribution in [0.5, 0.6) is 0 Å². The van der Waals surface area contributed by atoms with Gasteiger partial charge in [0.15, 0.2) is 0 Å². The third-order valence-corrected chi connectivity index (χ3v) is 3.65. The Labute approximate surface area is 103 Å². The number of pyridine rings is 1. The molecule has 0 spiro atoms. The maximum Gasteiger partial charge on any atom is 0.137 e. The zero-order valence-electron chi connectivity index (χ0n) is 9.42. The van der Waals surface area contributed by atoms with Gasteiger partial charge in [-0.3, -0.25) is 0 Å². The van der Waals surface area contributed by atoms with Crippen LogP contribution in [0.1, 0.15) is 11.3 Å². The van der Waals surface area contributed by atoms with E-state index in [4.69, 9.17) is 0 Å². The van der Waals surface area contributed by atoms with Crippen LogP contribution in [0.15, 0.2) is 35.8 Å². The highest BCUT2D eigenvalue weighted by molar-refractivity contribution is 7.13. The highest BCUT2D eigenvalue weighted by atomic mass is 32.1. The van der Waals surface area contributed by atoms with Crippen LogP contribution in [0.2, 0.25) is 0 Å². The zero-order chi connectivity index (χ0) is 11.8. The first-order chi connectivity index (χ1) is 8.29. The Kier molecular flexibility index (Phi) is 2.46. The van der Waals surface area contributed by atoms with E-state index in [0.29, 0.717) is 0 Å². The first-order valence-electron chi connectivity index (χ1n) is 5.42. The van der Waals surface area contributed by atoms with Gasteiger partial charge in [0, 0.05) is 6.20 Å². The van der Waals surface area contributed by atoms with E-state index in [-0.39, 0.29) is 6.61 Å². The van der Waals surface area contributed by atoms with Crippen molar-refractivity contribution in [2.45, 2.75) is 13.5 Å². The number of rotatable bonds is 2. The van der Waals surface area contributed by atoms with Gasteiger partial charge in [-0.25, -0.2) is 4.98 Å². The molecule has 0 unspecified atom stereocenters. The number of imidazole rings is 1. The minimum absolute atomic E-state index is 0.00213. The van der Waals surface area contributed by atoms with E-state index >= 15 is 0 Å². The molecule has 0 radical (unpaired) electrons. The summed E-state index contributed by atoms with van der Waals surface area (Å²) in [5, 5.41) is 11.6. The predicted octanol–water partition coefficient (Wildman–Crippen LogP) is 2.86. The average molecular weight is 244 g/mol. The van der Waals surface area contributed by atoms with Crippen LogP contribution in [-0.2, 0) is 6.61 Å². The number of thiophene rings is 1. The first-order valence-corrected chi connectivity index (χ1v) is 6.30. The number of aliphatic hydroxyl groups excluding tert-OH is 1. The third kappa shape index (κ3) is 1.66. The smallest absolute Gasteiger partial charge is 0.137 e. The average Bonchev–Trinajstić information content (AvgIpc) is 2.94. The molecule has 3 aromatic rings. The number of aromatic nitrogens is 2. The number of nitrogens with zero attached hydrogens (tertiary/aromatic N) is 2. The molecule has 17 heavy (non-hydrogen) atoms. The molecule has 3 nitrogen and oxygen atoms in total. The van der Waals surface area contributed by atoms with Crippen LogP contribution in [0.3, 0.4) is 0 Å². The van der Waals surface area contributed by atoms with Crippen molar-refractivity contribution in [2.24, 2.45) is 0 Å². The van der Waals surface area contributed by atoms with Crippen LogP contribution in [0, 0.1) is 6.92 Å². The van der Waals surface area contributed by atoms with Gasteiger partial charge in [0.1, 0.15) is 11.3 Å². The fourth-order valence-electron chi connectivity index (χ4n) is 1.96. The highest BCUT2D eigenvalue weighted by Gasteiger charge is 2.13. The van der Waals surface area contributed by atoms with Crippen LogP contribution in [0.4, 0.5) is 0 Å². The van der Waals surface area contributed by atoms with Gasteiger partial charge in [-0.05, 0) is 30.0 Å². The maximum absolute atomic E-state index is 9.54. The summed E-state index contributed by atoms with van der Waals surface area (Å²) in [6.45, 7) is 2.03. The zero-order valence-corrected chi connectivity index (χ0v) is 10.2. The van der Waals surface area contributed by atoms with Crippen molar-refractivity contribution in [3.8, 4) is 10.6 Å². The summed E-state index contributed by atoms with van der Waals surface area (Å²) in [7, 11) is 0. The highest BCUT2D eigenvalue weighted by Crippen LogP contribution is 2.28. The second-order valence-electron chi connectivity index (χ2n) is 3.98. The molecule has 3 heterocycles. The quantitative estimate of drug-likeness (QED) is 0.752. The number of hydrogen-bond acceptors (Lipinski definition) is 3. The molecule has 0 aromatic carbocycles. The molecule has 0 saturated carbocycles. The van der Waals surface area contributed by atoms with E-state index in [1.165, 1.54) is 0 Å². The summed E-state index contributed by atoms with van der Waals surface area (Å²) in [5.41, 5.74) is 3.77. The Morgan fingerprint density at radius 3 is 2.94 bits per heavy atom. The normalized spacial score (nSPS) is 11.2. The summed E-state index contributed by atoms with van der Waals surface area (Å²) < 4.78 is 1.96. The second-order valence-corrected chi connectivity index (χ2v) is 4.92. The topological polar surface area (TPSA) is 37.5 Å². The van der Waals surface area contributed by atoms with Crippen molar-refractivity contribution < 1.29 is 5.11 Å². The summed E-state index contributed by atoms with van der Waals surface area (Å²) in [6, 6.07) is 8.03. The molecule has 86 valence electrons. The summed E-state index contributed by atoms with van der Waals surface area (Å²) in [6.07, 6.45) is 2.00. The minimum atomic E-state index is -0.00213. The molecular formula is C13H12N2OS. The van der Waals surface area contributed by atoms with Crippen molar-refractivity contribution in [2.75, 3.05) is 0 Å². The number of aliphatic hydroxyl groups is 1. The Balaban J connectivity index is 2.32. The van der Waals surface area contributed by atoms with E-state index in [1.807, 2.05) is 47.2 Å². The molecule has 0 aliphatic rings. The monoisotopic (exact) mass is 244 g/mol. The predicted molar refractivity (Wildman–Crippen MR) is 69.2 cm³/mol. The van der Waals surface area contributed by atoms with Gasteiger partial charge in [-0.15, -0.1) is 11.3 Å². The third-order valence-electron chi connectivity index (χ3n) is 2.77. The molecule has 0 bridgehead atoms. The SMILES string of the molecule is Cc1ccc2nc(-c3cccs3)c(CO)n2c1. The first kappa shape index (κ1) is 10.5. The van der Waals surface area contributed by atoms with Gasteiger partial charge in [-0.2, -0.15) is 0 Å². The lowest BCUT2D eigenvalue weighted by Gasteiger charge is -2.00. The number of fused-ring (bicyclic) bond motifs is 1. The van der Waals surface area contributed by atoms with E-state index in [1.54, 1.807) is 11.3 Å². The number of aryl methyl sites for hydroxylation is 1. The lowest BCUT2D eigenvalue weighted by atomic mass is 10.3. The Morgan fingerprint density at radius 2 is 2.24 bits per heavy atom. The second kappa shape index (κ2) is 3.98. The van der Waals surface area contributed by atoms with Crippen molar-refractivity contribution >= 4 is 17.0 Å². The van der Waals surface area contributed by atoms with Gasteiger partial charge in [0.25, 0.3) is 0 Å². The maximum atomic E-state index is 9.54. The Hall–Kier alpha value is -1.65. The molecule has 0 fully saturated rings. The molecule has 0 saturated heterocycles. The largest absolute Gasteiger partial charge is 0.390 e. The van der Waals surface area contributed by atoms with E-state index in [9.17, 15) is 5.11 Å². The van der Waals surface area contributed by atoms with E-state index in [2.05, 4.69) is 4.98 Å². The molecular weight excluding hydrogens is 232 g/mol. The standard InChI is InChI=1S/C13H12N2OS/c1-9-4-5-12-14-13(11-3-2-6-17-11)10(8-16)15(12)7-9/h2-7,16H,8H2,1H3. The number of hydrogen-bond donors (Lipinski definition) is 1. The Bertz CT molecular complexity index is 655. The van der Waals surface area contributed by atoms with E-state index in [0.717, 1.165) is 27.5 Å². The van der Waals surface area contributed by atoms with Gasteiger partial charge in [-0.1, -0.05) is 12.1 Å². The molecule has 3 rings (SSSR count). The van der Waals surface area contributed by atoms with E-state index < -0.39 is 0 Å². The van der Waals surface area contributed by atoms with Crippen LogP contribution in [-0.4, -0.2) is 14.5 Å². The fourth-order valence-corrected chi connectivity index (χ4v) is 2.70. The van der Waals surface area contributed by atoms with Crippen LogP contribution >= 0.6 is 11.3 Å². The van der Waals surface area contributed by atoms with Crippen molar-refractivity contribution in [3.05, 3.63) is 47.1 Å². The molecule has 3 aromatic heterocycles. The van der Waals surface area contributed by atoms with Crippen molar-refractivity contribution in [1.82, 2.24) is 9.38 Å². The van der Waals surface area contributed by atoms with Gasteiger partial charge >= 0.3 is 0 Å². The van der Waals surface area contributed by atoms with Gasteiger partial charge in [0.2, 0.25) is 0 Å². The Morgan fingerprint density at radius 1 is 1.35 bits per heavy atom. The minimum Gasteiger partial charge on any atom is -0.390 e. The summed E-state index contributed by atoms with van der Waals surface area (Å²) in [5.74, 6) is 0. The summed E-state index contributed by atoms with van der Waals surface area (Å²) in [4.78, 5) is 5.67. The lowest BCUT2D eigenvalue weighted by Crippen LogP contribution is -1.94. The van der Waals surface area contributed by atoms with Gasteiger partial charge in [0.05, 0.1) is 17.2 Å². The lowest BCUT2D eigenvalue weighted by molar-refractivity contribution is 0.276. The van der Waals surface area contributed by atoms with Gasteiger partial charge < -0.3 is 9.51 Å². The molecule has 0 aliphatic heterocycles. The summed E-state index contributed by atoms with van der Waals surface area (Å²) >= 11 is 1.64. The van der Waals surface area contributed by atoms with Crippen LogP contribution < -0.4 is 0 Å². The van der Waals surface area contributed by atoms with Crippen LogP contribution in [0.25, 0.3) is 16.2 Å². The molecule has 0 amide bonds. The molecule has 4 heteroatoms. The molecule has 0 aliphatic carbocycles. The van der Waals surface area contributed by atoms with Crippen molar-refractivity contribution in [3.63, 3.8) is 0 Å². The van der Waals surface area contributed by atoms with Crippen molar-refractivity contribution in [1.29, 1.82) is 0 Å². The fraction of sp³-hybridized carbons (Fsp3) is 0.154. The molecule has 1 N–H and O–H groups in total. The molecule has 0 atom stereocenters.